The molecule has 0 saturated carbocycles. The number of anilines is 1. The van der Waals surface area contributed by atoms with Crippen molar-refractivity contribution in [3.63, 3.8) is 0 Å². The monoisotopic (exact) mass is 569 g/mol. The molecular weight excluding hydrogens is 533 g/mol. The van der Waals surface area contributed by atoms with E-state index in [2.05, 4.69) is 12.2 Å². The summed E-state index contributed by atoms with van der Waals surface area (Å²) in [6.45, 7) is 4.94. The van der Waals surface area contributed by atoms with E-state index in [1.54, 1.807) is 11.0 Å². The van der Waals surface area contributed by atoms with Gasteiger partial charge in [-0.3, -0.25) is 13.9 Å². The molecule has 10 heteroatoms. The summed E-state index contributed by atoms with van der Waals surface area (Å²) in [5.74, 6) is -0.361. The number of rotatable bonds is 15. The lowest BCUT2D eigenvalue weighted by molar-refractivity contribution is -0.140. The number of unbranched alkanes of at least 4 members (excludes halogenated alkanes) is 1. The first-order valence-corrected chi connectivity index (χ1v) is 15.2. The van der Waals surface area contributed by atoms with Crippen LogP contribution in [0.2, 0.25) is 10.0 Å². The Bertz CT molecular complexity index is 1130. The highest BCUT2D eigenvalue weighted by Gasteiger charge is 2.28. The number of halogens is 2. The van der Waals surface area contributed by atoms with E-state index < -0.39 is 16.1 Å². The molecule has 0 aromatic heterocycles. The number of amides is 2. The third-order valence-corrected chi connectivity index (χ3v) is 7.76. The summed E-state index contributed by atoms with van der Waals surface area (Å²) in [7, 11) is -3.67. The first-order chi connectivity index (χ1) is 17.6. The largest absolute Gasteiger partial charge is 0.354 e. The van der Waals surface area contributed by atoms with Crippen LogP contribution < -0.4 is 9.62 Å². The van der Waals surface area contributed by atoms with Crippen molar-refractivity contribution < 1.29 is 18.0 Å². The van der Waals surface area contributed by atoms with Gasteiger partial charge in [0.1, 0.15) is 6.04 Å². The standard InChI is InChI=1S/C27H37Cl2N3O4S/c1-4-6-17-30-27(34)24(5-2)31(19-16-21-11-8-7-9-12-21)26(33)13-10-18-32(37(3,35)36)25-20-22(28)14-15-23(25)29/h7-9,11-12,14-15,20,24H,4-6,10,13,16-19H2,1-3H3,(H,30,34)/t24-/m1/s1. The number of carbonyl (C=O) groups excluding carboxylic acids is 2. The molecule has 1 atom stereocenters. The van der Waals surface area contributed by atoms with Gasteiger partial charge in [0.05, 0.1) is 17.0 Å². The molecule has 0 heterocycles. The van der Waals surface area contributed by atoms with Gasteiger partial charge in [-0.05, 0) is 49.4 Å². The Kier molecular flexibility index (Phi) is 12.7. The van der Waals surface area contributed by atoms with Crippen LogP contribution in [0.1, 0.15) is 51.5 Å². The first kappa shape index (κ1) is 30.9. The van der Waals surface area contributed by atoms with Gasteiger partial charge in [0.15, 0.2) is 0 Å². The molecular formula is C27H37Cl2N3O4S. The predicted octanol–water partition coefficient (Wildman–Crippen LogP) is 5.31. The molecule has 2 aromatic rings. The summed E-state index contributed by atoms with van der Waals surface area (Å²) in [6, 6.07) is 13.8. The number of hydrogen-bond acceptors (Lipinski definition) is 4. The Morgan fingerprint density at radius 3 is 2.32 bits per heavy atom. The lowest BCUT2D eigenvalue weighted by Gasteiger charge is -2.31. The SMILES string of the molecule is CCCCNC(=O)[C@@H](CC)N(CCc1ccccc1)C(=O)CCCN(c1cc(Cl)ccc1Cl)S(C)(=O)=O. The van der Waals surface area contributed by atoms with Crippen LogP contribution in [-0.2, 0) is 26.0 Å². The predicted molar refractivity (Wildman–Crippen MR) is 152 cm³/mol. The van der Waals surface area contributed by atoms with Gasteiger partial charge in [-0.1, -0.05) is 73.8 Å². The van der Waals surface area contributed by atoms with E-state index in [0.29, 0.717) is 31.0 Å². The number of hydrogen-bond donors (Lipinski definition) is 1. The Morgan fingerprint density at radius 2 is 1.70 bits per heavy atom. The van der Waals surface area contributed by atoms with E-state index in [-0.39, 0.29) is 41.9 Å². The number of carbonyl (C=O) groups is 2. The molecule has 2 rings (SSSR count). The van der Waals surface area contributed by atoms with Crippen LogP contribution in [0.15, 0.2) is 48.5 Å². The fourth-order valence-corrected chi connectivity index (χ4v) is 5.47. The Morgan fingerprint density at radius 1 is 1.00 bits per heavy atom. The van der Waals surface area contributed by atoms with Crippen molar-refractivity contribution in [1.29, 1.82) is 0 Å². The average molecular weight is 571 g/mol. The van der Waals surface area contributed by atoms with Gasteiger partial charge in [0, 0.05) is 31.1 Å². The number of nitrogens with one attached hydrogen (secondary N) is 1. The van der Waals surface area contributed by atoms with Gasteiger partial charge in [-0.15, -0.1) is 0 Å². The van der Waals surface area contributed by atoms with Crippen LogP contribution in [0.3, 0.4) is 0 Å². The number of nitrogens with zero attached hydrogens (tertiary/aromatic N) is 2. The van der Waals surface area contributed by atoms with Gasteiger partial charge < -0.3 is 10.2 Å². The van der Waals surface area contributed by atoms with Gasteiger partial charge in [-0.25, -0.2) is 8.42 Å². The van der Waals surface area contributed by atoms with Crippen LogP contribution >= 0.6 is 23.2 Å². The smallest absolute Gasteiger partial charge is 0.242 e. The maximum Gasteiger partial charge on any atom is 0.242 e. The Labute approximate surface area is 231 Å². The summed E-state index contributed by atoms with van der Waals surface area (Å²) in [4.78, 5) is 28.0. The second kappa shape index (κ2) is 15.2. The highest BCUT2D eigenvalue weighted by molar-refractivity contribution is 7.92. The fourth-order valence-electron chi connectivity index (χ4n) is 4.06. The van der Waals surface area contributed by atoms with Crippen molar-refractivity contribution in [2.75, 3.05) is 30.2 Å². The zero-order valence-electron chi connectivity index (χ0n) is 21.8. The summed E-state index contributed by atoms with van der Waals surface area (Å²) >= 11 is 12.3. The second-order valence-corrected chi connectivity index (χ2v) is 11.7. The minimum Gasteiger partial charge on any atom is -0.354 e. The van der Waals surface area contributed by atoms with Crippen molar-refractivity contribution in [2.24, 2.45) is 0 Å². The second-order valence-electron chi connectivity index (χ2n) is 8.93. The highest BCUT2D eigenvalue weighted by Crippen LogP contribution is 2.31. The van der Waals surface area contributed by atoms with Crippen molar-refractivity contribution in [2.45, 2.75) is 58.4 Å². The molecule has 0 spiro atoms. The average Bonchev–Trinajstić information content (AvgIpc) is 2.86. The number of sulfonamides is 1. The van der Waals surface area contributed by atoms with Crippen LogP contribution in [0.25, 0.3) is 0 Å². The summed E-state index contributed by atoms with van der Waals surface area (Å²) in [5.41, 5.74) is 1.34. The van der Waals surface area contributed by atoms with Gasteiger partial charge in [-0.2, -0.15) is 0 Å². The molecule has 0 fully saturated rings. The molecule has 0 aliphatic rings. The lowest BCUT2D eigenvalue weighted by Crippen LogP contribution is -2.50. The topological polar surface area (TPSA) is 86.8 Å². The van der Waals surface area contributed by atoms with E-state index in [1.165, 1.54) is 12.1 Å². The van der Waals surface area contributed by atoms with Crippen LogP contribution in [-0.4, -0.2) is 57.1 Å². The summed E-state index contributed by atoms with van der Waals surface area (Å²) in [5, 5.41) is 3.56. The molecule has 0 aliphatic heterocycles. The molecule has 0 unspecified atom stereocenters. The number of benzene rings is 2. The van der Waals surface area contributed by atoms with E-state index in [9.17, 15) is 18.0 Å². The molecule has 2 amide bonds. The fraction of sp³-hybridized carbons (Fsp3) is 0.481. The molecule has 37 heavy (non-hydrogen) atoms. The third kappa shape index (κ3) is 9.83. The normalized spacial score (nSPS) is 12.1. The molecule has 7 nitrogen and oxygen atoms in total. The van der Waals surface area contributed by atoms with Crippen LogP contribution in [0, 0.1) is 0 Å². The van der Waals surface area contributed by atoms with Crippen LogP contribution in [0.5, 0.6) is 0 Å². The molecule has 0 radical (unpaired) electrons. The summed E-state index contributed by atoms with van der Waals surface area (Å²) in [6.07, 6.45) is 4.34. The van der Waals surface area contributed by atoms with Gasteiger partial charge in [0.2, 0.25) is 21.8 Å². The maximum atomic E-state index is 13.4. The van der Waals surface area contributed by atoms with Gasteiger partial charge >= 0.3 is 0 Å². The van der Waals surface area contributed by atoms with Crippen molar-refractivity contribution in [3.05, 3.63) is 64.1 Å². The first-order valence-electron chi connectivity index (χ1n) is 12.6. The molecule has 204 valence electrons. The van der Waals surface area contributed by atoms with E-state index in [4.69, 9.17) is 23.2 Å². The minimum atomic E-state index is -3.67. The lowest BCUT2D eigenvalue weighted by atomic mass is 10.1. The molecule has 2 aromatic carbocycles. The quantitative estimate of drug-likeness (QED) is 0.294. The molecule has 0 aliphatic carbocycles. The zero-order valence-corrected chi connectivity index (χ0v) is 24.1. The van der Waals surface area contributed by atoms with E-state index in [1.807, 2.05) is 37.3 Å². The Hall–Kier alpha value is -2.29. The third-order valence-electron chi connectivity index (χ3n) is 6.03. The summed E-state index contributed by atoms with van der Waals surface area (Å²) < 4.78 is 26.2. The highest BCUT2D eigenvalue weighted by atomic mass is 35.5. The van der Waals surface area contributed by atoms with Gasteiger partial charge in [0.25, 0.3) is 0 Å². The van der Waals surface area contributed by atoms with Crippen LogP contribution in [0.4, 0.5) is 5.69 Å². The zero-order chi connectivity index (χ0) is 27.4. The maximum absolute atomic E-state index is 13.4. The van der Waals surface area contributed by atoms with Crippen molar-refractivity contribution >= 4 is 50.7 Å². The Balaban J connectivity index is 2.17. The van der Waals surface area contributed by atoms with Crippen molar-refractivity contribution in [3.8, 4) is 0 Å². The van der Waals surface area contributed by atoms with E-state index >= 15 is 0 Å². The molecule has 0 saturated heterocycles. The molecule has 1 N–H and O–H groups in total. The van der Waals surface area contributed by atoms with E-state index in [0.717, 1.165) is 29.0 Å². The minimum absolute atomic E-state index is 0.0522. The molecule has 0 bridgehead atoms. The van der Waals surface area contributed by atoms with Crippen molar-refractivity contribution in [1.82, 2.24) is 10.2 Å².